The van der Waals surface area contributed by atoms with Gasteiger partial charge in [-0.05, 0) is 31.5 Å². The summed E-state index contributed by atoms with van der Waals surface area (Å²) in [5.41, 5.74) is 0.672. The van der Waals surface area contributed by atoms with Crippen molar-refractivity contribution >= 4 is 29.2 Å². The summed E-state index contributed by atoms with van der Waals surface area (Å²) in [6.45, 7) is 2.45. The summed E-state index contributed by atoms with van der Waals surface area (Å²) in [6, 6.07) is 5.97. The maximum atomic E-state index is 11.9. The number of rotatable bonds is 7. The summed E-state index contributed by atoms with van der Waals surface area (Å²) in [5.74, 6) is -2.05. The van der Waals surface area contributed by atoms with Gasteiger partial charge >= 0.3 is 5.97 Å². The topological polar surface area (TPSA) is 141 Å². The lowest BCUT2D eigenvalue weighted by Gasteiger charge is -2.13. The zero-order valence-electron chi connectivity index (χ0n) is 14.6. The van der Waals surface area contributed by atoms with Crippen molar-refractivity contribution in [2.75, 3.05) is 11.9 Å². The van der Waals surface area contributed by atoms with Crippen molar-refractivity contribution in [1.29, 1.82) is 0 Å². The smallest absolute Gasteiger partial charge is 0.328 e. The number of hydrogen-bond donors (Lipinski definition) is 2. The van der Waals surface area contributed by atoms with Crippen LogP contribution >= 0.6 is 0 Å². The Hall–Kier alpha value is -3.69. The molecular formula is C17H17N3O7. The van der Waals surface area contributed by atoms with Gasteiger partial charge in [0.25, 0.3) is 17.5 Å². The number of non-ortho nitro benzene ring substituents is 1. The number of carbonyl (C=O) groups excluding carboxylic acids is 3. The molecule has 0 unspecified atom stereocenters. The molecule has 10 heteroatoms. The molecule has 0 spiro atoms. The molecule has 0 saturated heterocycles. The van der Waals surface area contributed by atoms with E-state index < -0.39 is 35.4 Å². The highest BCUT2D eigenvalue weighted by atomic mass is 16.6. The summed E-state index contributed by atoms with van der Waals surface area (Å²) >= 11 is 0. The predicted octanol–water partition coefficient (Wildman–Crippen LogP) is 1.80. The summed E-state index contributed by atoms with van der Waals surface area (Å²) < 4.78 is 9.75. The number of hydrogen-bond acceptors (Lipinski definition) is 7. The van der Waals surface area contributed by atoms with E-state index in [1.54, 1.807) is 6.92 Å². The number of furan rings is 1. The molecule has 2 rings (SSSR count). The first-order valence-corrected chi connectivity index (χ1v) is 7.84. The minimum absolute atomic E-state index is 0.0357. The van der Waals surface area contributed by atoms with Crippen LogP contribution in [0.25, 0.3) is 0 Å². The second-order valence-electron chi connectivity index (χ2n) is 5.58. The predicted molar refractivity (Wildman–Crippen MR) is 93.1 cm³/mol. The molecule has 1 aromatic carbocycles. The number of ether oxygens (including phenoxy) is 1. The van der Waals surface area contributed by atoms with E-state index >= 15 is 0 Å². The van der Waals surface area contributed by atoms with Crippen molar-refractivity contribution in [3.63, 3.8) is 0 Å². The Labute approximate surface area is 153 Å². The molecule has 2 amide bonds. The Bertz CT molecular complexity index is 861. The Morgan fingerprint density at radius 1 is 1.30 bits per heavy atom. The summed E-state index contributed by atoms with van der Waals surface area (Å²) in [4.78, 5) is 45.8. The second-order valence-corrected chi connectivity index (χ2v) is 5.58. The fourth-order valence-corrected chi connectivity index (χ4v) is 2.04. The van der Waals surface area contributed by atoms with E-state index in [4.69, 9.17) is 9.15 Å². The minimum atomic E-state index is -1.00. The van der Waals surface area contributed by atoms with Crippen LogP contribution in [0.4, 0.5) is 11.4 Å². The Morgan fingerprint density at radius 2 is 2.04 bits per heavy atom. The molecule has 1 heterocycles. The standard InChI is InChI=1S/C17H17N3O7/c1-10-5-6-12(20(24)25)8-13(10)19-15(21)9-27-17(23)11(2)18-16(22)14-4-3-7-26-14/h3-8,11H,9H2,1-2H3,(H,18,22)(H,19,21)/t11-/m0/s1. The fourth-order valence-electron chi connectivity index (χ4n) is 2.04. The lowest BCUT2D eigenvalue weighted by molar-refractivity contribution is -0.384. The third-order valence-corrected chi connectivity index (χ3v) is 3.50. The number of aryl methyl sites for hydroxylation is 1. The molecule has 27 heavy (non-hydrogen) atoms. The summed E-state index contributed by atoms with van der Waals surface area (Å²) in [5, 5.41) is 15.6. The van der Waals surface area contributed by atoms with Crippen LogP contribution in [-0.4, -0.2) is 35.4 Å². The van der Waals surface area contributed by atoms with Crippen molar-refractivity contribution < 1.29 is 28.5 Å². The van der Waals surface area contributed by atoms with Crippen molar-refractivity contribution in [3.05, 3.63) is 58.0 Å². The van der Waals surface area contributed by atoms with Crippen LogP contribution in [0, 0.1) is 17.0 Å². The van der Waals surface area contributed by atoms with Crippen LogP contribution in [0.5, 0.6) is 0 Å². The number of carbonyl (C=O) groups is 3. The third kappa shape index (κ3) is 5.39. The van der Waals surface area contributed by atoms with Gasteiger partial charge in [-0.3, -0.25) is 19.7 Å². The van der Waals surface area contributed by atoms with E-state index in [2.05, 4.69) is 10.6 Å². The number of esters is 1. The minimum Gasteiger partial charge on any atom is -0.459 e. The molecule has 0 fully saturated rings. The molecule has 2 aromatic rings. The van der Waals surface area contributed by atoms with Crippen LogP contribution < -0.4 is 10.6 Å². The van der Waals surface area contributed by atoms with E-state index in [1.165, 1.54) is 43.5 Å². The number of benzene rings is 1. The molecule has 10 nitrogen and oxygen atoms in total. The van der Waals surface area contributed by atoms with E-state index in [-0.39, 0.29) is 17.1 Å². The molecular weight excluding hydrogens is 358 g/mol. The SMILES string of the molecule is Cc1ccc([N+](=O)[O-])cc1NC(=O)COC(=O)[C@H](C)NC(=O)c1ccco1. The molecule has 0 saturated carbocycles. The first-order chi connectivity index (χ1) is 12.8. The molecule has 0 bridgehead atoms. The van der Waals surface area contributed by atoms with E-state index in [9.17, 15) is 24.5 Å². The average Bonchev–Trinajstić information content (AvgIpc) is 3.16. The van der Waals surface area contributed by atoms with Gasteiger partial charge in [0.1, 0.15) is 6.04 Å². The van der Waals surface area contributed by atoms with Gasteiger partial charge in [0, 0.05) is 12.1 Å². The highest BCUT2D eigenvalue weighted by Gasteiger charge is 2.20. The van der Waals surface area contributed by atoms with Crippen LogP contribution in [0.3, 0.4) is 0 Å². The number of nitrogens with zero attached hydrogens (tertiary/aromatic N) is 1. The van der Waals surface area contributed by atoms with E-state index in [1.807, 2.05) is 0 Å². The summed E-state index contributed by atoms with van der Waals surface area (Å²) in [7, 11) is 0. The van der Waals surface area contributed by atoms with Gasteiger partial charge in [0.05, 0.1) is 16.9 Å². The number of nitro benzene ring substituents is 1. The molecule has 0 aliphatic rings. The highest BCUT2D eigenvalue weighted by Crippen LogP contribution is 2.21. The van der Waals surface area contributed by atoms with Gasteiger partial charge < -0.3 is 19.8 Å². The van der Waals surface area contributed by atoms with Crippen LogP contribution in [0.15, 0.2) is 41.0 Å². The van der Waals surface area contributed by atoms with Gasteiger partial charge in [-0.1, -0.05) is 6.07 Å². The fraction of sp³-hybridized carbons (Fsp3) is 0.235. The first-order valence-electron chi connectivity index (χ1n) is 7.84. The zero-order chi connectivity index (χ0) is 20.0. The van der Waals surface area contributed by atoms with Crippen molar-refractivity contribution in [2.24, 2.45) is 0 Å². The van der Waals surface area contributed by atoms with Gasteiger partial charge in [-0.2, -0.15) is 0 Å². The molecule has 2 N–H and O–H groups in total. The molecule has 142 valence electrons. The maximum absolute atomic E-state index is 11.9. The number of nitrogens with one attached hydrogen (secondary N) is 2. The summed E-state index contributed by atoms with van der Waals surface area (Å²) in [6.07, 6.45) is 1.32. The second kappa shape index (κ2) is 8.61. The lowest BCUT2D eigenvalue weighted by Crippen LogP contribution is -2.40. The van der Waals surface area contributed by atoms with Crippen molar-refractivity contribution in [2.45, 2.75) is 19.9 Å². The molecule has 1 atom stereocenters. The van der Waals surface area contributed by atoms with Gasteiger partial charge in [-0.25, -0.2) is 4.79 Å². The van der Waals surface area contributed by atoms with Gasteiger partial charge in [-0.15, -0.1) is 0 Å². The number of anilines is 1. The largest absolute Gasteiger partial charge is 0.459 e. The van der Waals surface area contributed by atoms with Gasteiger partial charge in [0.2, 0.25) is 0 Å². The van der Waals surface area contributed by atoms with Crippen LogP contribution in [0.2, 0.25) is 0 Å². The molecule has 0 radical (unpaired) electrons. The third-order valence-electron chi connectivity index (χ3n) is 3.50. The van der Waals surface area contributed by atoms with Crippen LogP contribution in [-0.2, 0) is 14.3 Å². The number of nitro groups is 1. The lowest BCUT2D eigenvalue weighted by atomic mass is 10.2. The monoisotopic (exact) mass is 375 g/mol. The van der Waals surface area contributed by atoms with Crippen molar-refractivity contribution in [1.82, 2.24) is 5.32 Å². The Kier molecular flexibility index (Phi) is 6.26. The first kappa shape index (κ1) is 19.6. The van der Waals surface area contributed by atoms with Crippen molar-refractivity contribution in [3.8, 4) is 0 Å². The maximum Gasteiger partial charge on any atom is 0.328 e. The number of amides is 2. The van der Waals surface area contributed by atoms with Gasteiger partial charge in [0.15, 0.2) is 12.4 Å². The zero-order valence-corrected chi connectivity index (χ0v) is 14.6. The molecule has 0 aliphatic heterocycles. The average molecular weight is 375 g/mol. The Morgan fingerprint density at radius 3 is 2.67 bits per heavy atom. The molecule has 0 aliphatic carbocycles. The van der Waals surface area contributed by atoms with Crippen LogP contribution in [0.1, 0.15) is 23.0 Å². The highest BCUT2D eigenvalue weighted by molar-refractivity contribution is 5.96. The Balaban J connectivity index is 1.86. The normalized spacial score (nSPS) is 11.3. The quantitative estimate of drug-likeness (QED) is 0.427. The van der Waals surface area contributed by atoms with E-state index in [0.717, 1.165) is 0 Å². The molecule has 1 aromatic heterocycles. The van der Waals surface area contributed by atoms with E-state index in [0.29, 0.717) is 5.56 Å².